The third kappa shape index (κ3) is 1.24. The van der Waals surface area contributed by atoms with Crippen LogP contribution in [0.4, 0.5) is 0 Å². The van der Waals surface area contributed by atoms with E-state index in [0.29, 0.717) is 17.8 Å². The van der Waals surface area contributed by atoms with Gasteiger partial charge in [-0.15, -0.1) is 0 Å². The van der Waals surface area contributed by atoms with Crippen LogP contribution >= 0.6 is 0 Å². The average Bonchev–Trinajstić information content (AvgIpc) is 2.94. The van der Waals surface area contributed by atoms with Crippen molar-refractivity contribution < 1.29 is 9.21 Å². The first kappa shape index (κ1) is 8.91. The van der Waals surface area contributed by atoms with Gasteiger partial charge in [0.05, 0.1) is 0 Å². The Kier molecular flexibility index (Phi) is 1.86. The molecule has 3 aromatic rings. The molecule has 0 aliphatic rings. The fourth-order valence-corrected chi connectivity index (χ4v) is 1.72. The topological polar surface area (TPSA) is 58.9 Å². The van der Waals surface area contributed by atoms with E-state index in [9.17, 15) is 4.79 Å². The molecule has 0 atom stereocenters. The van der Waals surface area contributed by atoms with Crippen molar-refractivity contribution in [3.05, 3.63) is 42.4 Å². The standard InChI is InChI=1S/C12H8N2O2/c15-7-8-3-4-11(16-8)10-6-14-12-9(10)2-1-5-13-12/h1-7H,(H,13,14). The molecular weight excluding hydrogens is 204 g/mol. The van der Waals surface area contributed by atoms with Gasteiger partial charge in [-0.2, -0.15) is 0 Å². The van der Waals surface area contributed by atoms with Crippen molar-refractivity contribution in [1.29, 1.82) is 0 Å². The SMILES string of the molecule is O=Cc1ccc(-c2c[nH]c3ncccc23)o1. The molecule has 0 unspecified atom stereocenters. The van der Waals surface area contributed by atoms with Crippen LogP contribution in [0, 0.1) is 0 Å². The fraction of sp³-hybridized carbons (Fsp3) is 0. The number of hydrogen-bond donors (Lipinski definition) is 1. The van der Waals surface area contributed by atoms with Crippen molar-refractivity contribution in [2.24, 2.45) is 0 Å². The number of rotatable bonds is 2. The van der Waals surface area contributed by atoms with Gasteiger partial charge >= 0.3 is 0 Å². The van der Waals surface area contributed by atoms with Gasteiger partial charge in [-0.3, -0.25) is 4.79 Å². The molecule has 0 saturated heterocycles. The van der Waals surface area contributed by atoms with E-state index in [4.69, 9.17) is 4.42 Å². The number of aldehydes is 1. The minimum atomic E-state index is 0.327. The van der Waals surface area contributed by atoms with E-state index in [1.807, 2.05) is 18.3 Å². The van der Waals surface area contributed by atoms with Crippen LogP contribution < -0.4 is 0 Å². The average molecular weight is 212 g/mol. The molecule has 0 saturated carbocycles. The Morgan fingerprint density at radius 3 is 3.06 bits per heavy atom. The first-order chi connectivity index (χ1) is 7.88. The number of carbonyl (C=O) groups excluding carboxylic acids is 1. The molecule has 1 N–H and O–H groups in total. The predicted molar refractivity (Wildman–Crippen MR) is 59.2 cm³/mol. The summed E-state index contributed by atoms with van der Waals surface area (Å²) in [5.41, 5.74) is 1.72. The molecule has 0 fully saturated rings. The molecule has 16 heavy (non-hydrogen) atoms. The van der Waals surface area contributed by atoms with Crippen LogP contribution in [0.2, 0.25) is 0 Å². The van der Waals surface area contributed by atoms with E-state index in [1.54, 1.807) is 18.3 Å². The quantitative estimate of drug-likeness (QED) is 0.664. The molecule has 0 aliphatic carbocycles. The number of carbonyl (C=O) groups is 1. The Balaban J connectivity index is 2.21. The second-order valence-corrected chi connectivity index (χ2v) is 3.42. The van der Waals surface area contributed by atoms with Gasteiger partial charge in [-0.25, -0.2) is 4.98 Å². The number of aromatic nitrogens is 2. The summed E-state index contributed by atoms with van der Waals surface area (Å²) in [5, 5.41) is 0.981. The lowest BCUT2D eigenvalue weighted by Crippen LogP contribution is -1.74. The minimum Gasteiger partial charge on any atom is -0.453 e. The van der Waals surface area contributed by atoms with Crippen molar-refractivity contribution in [1.82, 2.24) is 9.97 Å². The second-order valence-electron chi connectivity index (χ2n) is 3.42. The van der Waals surface area contributed by atoms with Gasteiger partial charge in [-0.05, 0) is 24.3 Å². The number of fused-ring (bicyclic) bond motifs is 1. The van der Waals surface area contributed by atoms with Crippen molar-refractivity contribution in [3.8, 4) is 11.3 Å². The second kappa shape index (κ2) is 3.34. The zero-order valence-corrected chi connectivity index (χ0v) is 8.31. The van der Waals surface area contributed by atoms with E-state index in [1.165, 1.54) is 0 Å². The third-order valence-electron chi connectivity index (χ3n) is 2.46. The maximum absolute atomic E-state index is 10.5. The monoisotopic (exact) mass is 212 g/mol. The minimum absolute atomic E-state index is 0.327. The number of nitrogens with one attached hydrogen (secondary N) is 1. The molecule has 0 radical (unpaired) electrons. The van der Waals surface area contributed by atoms with Crippen LogP contribution in [0.15, 0.2) is 41.1 Å². The van der Waals surface area contributed by atoms with Gasteiger partial charge in [0.25, 0.3) is 0 Å². The Labute approximate surface area is 90.9 Å². The van der Waals surface area contributed by atoms with Gasteiger partial charge in [0, 0.05) is 23.3 Å². The van der Waals surface area contributed by atoms with E-state index >= 15 is 0 Å². The van der Waals surface area contributed by atoms with E-state index in [2.05, 4.69) is 9.97 Å². The zero-order chi connectivity index (χ0) is 11.0. The largest absolute Gasteiger partial charge is 0.453 e. The van der Waals surface area contributed by atoms with Crippen LogP contribution in [-0.2, 0) is 0 Å². The lowest BCUT2D eigenvalue weighted by Gasteiger charge is -1.92. The summed E-state index contributed by atoms with van der Waals surface area (Å²) in [6, 6.07) is 7.25. The highest BCUT2D eigenvalue weighted by molar-refractivity contribution is 5.92. The van der Waals surface area contributed by atoms with Gasteiger partial charge < -0.3 is 9.40 Å². The van der Waals surface area contributed by atoms with Gasteiger partial charge in [0.15, 0.2) is 12.0 Å². The molecule has 0 aromatic carbocycles. The molecule has 4 heteroatoms. The van der Waals surface area contributed by atoms with E-state index in [-0.39, 0.29) is 0 Å². The van der Waals surface area contributed by atoms with Gasteiger partial charge in [0.2, 0.25) is 0 Å². The van der Waals surface area contributed by atoms with Crippen molar-refractivity contribution in [3.63, 3.8) is 0 Å². The van der Waals surface area contributed by atoms with Crippen LogP contribution in [0.1, 0.15) is 10.6 Å². The molecule has 0 amide bonds. The summed E-state index contributed by atoms with van der Waals surface area (Å²) in [5.74, 6) is 0.995. The van der Waals surface area contributed by atoms with Crippen LogP contribution in [-0.4, -0.2) is 16.3 Å². The van der Waals surface area contributed by atoms with Crippen LogP contribution in [0.5, 0.6) is 0 Å². The first-order valence-corrected chi connectivity index (χ1v) is 4.86. The lowest BCUT2D eigenvalue weighted by molar-refractivity contribution is 0.110. The van der Waals surface area contributed by atoms with Crippen molar-refractivity contribution in [2.75, 3.05) is 0 Å². The normalized spacial score (nSPS) is 10.8. The molecular formula is C12H8N2O2. The predicted octanol–water partition coefficient (Wildman–Crippen LogP) is 2.64. The molecule has 78 valence electrons. The summed E-state index contributed by atoms with van der Waals surface area (Å²) >= 11 is 0. The summed E-state index contributed by atoms with van der Waals surface area (Å²) in [4.78, 5) is 17.8. The summed E-state index contributed by atoms with van der Waals surface area (Å²) in [6.45, 7) is 0. The van der Waals surface area contributed by atoms with E-state index in [0.717, 1.165) is 16.6 Å². The molecule has 3 aromatic heterocycles. The summed E-state index contributed by atoms with van der Waals surface area (Å²) in [6.07, 6.45) is 4.24. The summed E-state index contributed by atoms with van der Waals surface area (Å²) < 4.78 is 5.37. The smallest absolute Gasteiger partial charge is 0.185 e. The van der Waals surface area contributed by atoms with Crippen LogP contribution in [0.3, 0.4) is 0 Å². The third-order valence-corrected chi connectivity index (χ3v) is 2.46. The molecule has 0 spiro atoms. The molecule has 3 heterocycles. The molecule has 3 rings (SSSR count). The fourth-order valence-electron chi connectivity index (χ4n) is 1.72. The number of pyridine rings is 1. The van der Waals surface area contributed by atoms with Crippen LogP contribution in [0.25, 0.3) is 22.4 Å². The lowest BCUT2D eigenvalue weighted by atomic mass is 10.2. The number of furan rings is 1. The highest BCUT2D eigenvalue weighted by atomic mass is 16.3. The zero-order valence-electron chi connectivity index (χ0n) is 8.31. The van der Waals surface area contributed by atoms with Crippen molar-refractivity contribution in [2.45, 2.75) is 0 Å². The maximum Gasteiger partial charge on any atom is 0.185 e. The number of nitrogens with zero attached hydrogens (tertiary/aromatic N) is 1. The highest BCUT2D eigenvalue weighted by Crippen LogP contribution is 2.28. The number of hydrogen-bond acceptors (Lipinski definition) is 3. The summed E-state index contributed by atoms with van der Waals surface area (Å²) in [7, 11) is 0. The Hall–Kier alpha value is -2.36. The Morgan fingerprint density at radius 2 is 2.25 bits per heavy atom. The number of H-pyrrole nitrogens is 1. The highest BCUT2D eigenvalue weighted by Gasteiger charge is 2.09. The maximum atomic E-state index is 10.5. The molecule has 0 bridgehead atoms. The Bertz CT molecular complexity index is 652. The molecule has 4 nitrogen and oxygen atoms in total. The van der Waals surface area contributed by atoms with E-state index < -0.39 is 0 Å². The first-order valence-electron chi connectivity index (χ1n) is 4.86. The van der Waals surface area contributed by atoms with Crippen molar-refractivity contribution >= 4 is 17.3 Å². The number of aromatic amines is 1. The van der Waals surface area contributed by atoms with Gasteiger partial charge in [0.1, 0.15) is 11.4 Å². The molecule has 0 aliphatic heterocycles. The Morgan fingerprint density at radius 1 is 1.31 bits per heavy atom. The van der Waals surface area contributed by atoms with Gasteiger partial charge in [-0.1, -0.05) is 0 Å².